The van der Waals surface area contributed by atoms with E-state index in [0.29, 0.717) is 23.1 Å². The number of amides is 1. The number of carbonyl (C=O) groups is 1. The number of carbonyl (C=O) groups excluding carboxylic acids is 1. The first-order chi connectivity index (χ1) is 17.1. The van der Waals surface area contributed by atoms with Crippen LogP contribution in [0.3, 0.4) is 0 Å². The fourth-order valence-electron chi connectivity index (χ4n) is 5.09. The second kappa shape index (κ2) is 9.37. The highest BCUT2D eigenvalue weighted by molar-refractivity contribution is 6.16. The molecule has 1 spiro atoms. The Labute approximate surface area is 207 Å². The highest BCUT2D eigenvalue weighted by Crippen LogP contribution is 2.59. The third-order valence-corrected chi connectivity index (χ3v) is 7.49. The Morgan fingerprint density at radius 2 is 2.06 bits per heavy atom. The van der Waals surface area contributed by atoms with Crippen molar-refractivity contribution in [3.63, 3.8) is 0 Å². The van der Waals surface area contributed by atoms with Gasteiger partial charge in [-0.05, 0) is 68.1 Å². The van der Waals surface area contributed by atoms with Crippen molar-refractivity contribution in [2.24, 2.45) is 5.92 Å². The van der Waals surface area contributed by atoms with Gasteiger partial charge in [-0.3, -0.25) is 9.69 Å². The molecule has 1 aliphatic heterocycles. The Bertz CT molecular complexity index is 1290. The van der Waals surface area contributed by atoms with Crippen LogP contribution in [0.4, 0.5) is 11.4 Å². The van der Waals surface area contributed by atoms with Crippen LogP contribution in [0, 0.1) is 18.3 Å². The number of hydrogen-bond acceptors (Lipinski definition) is 5. The van der Waals surface area contributed by atoms with Crippen molar-refractivity contribution in [2.45, 2.75) is 77.6 Å². The van der Waals surface area contributed by atoms with Crippen LogP contribution in [-0.4, -0.2) is 22.7 Å². The first-order valence-electron chi connectivity index (χ1n) is 13.0. The van der Waals surface area contributed by atoms with Gasteiger partial charge in [-0.2, -0.15) is 0 Å². The van der Waals surface area contributed by atoms with E-state index < -0.39 is 5.41 Å². The summed E-state index contributed by atoms with van der Waals surface area (Å²) in [5.74, 6) is 4.03. The SMILES string of the molecule is C#Cc1noc2cc3c(cc12)C1(CC1)C(=O)N3c1cnc(OCC2CCC2)c(CCCC)c1.CC. The topological polar surface area (TPSA) is 68.5 Å². The molecule has 2 aromatic heterocycles. The number of fused-ring (bicyclic) bond motifs is 3. The summed E-state index contributed by atoms with van der Waals surface area (Å²) in [6, 6.07) is 5.98. The zero-order valence-corrected chi connectivity index (χ0v) is 20.9. The normalized spacial score (nSPS) is 17.5. The number of aromatic nitrogens is 2. The molecule has 1 aromatic carbocycles. The van der Waals surface area contributed by atoms with Crippen LogP contribution in [0.1, 0.15) is 82.5 Å². The molecule has 6 heteroatoms. The number of hydrogen-bond donors (Lipinski definition) is 0. The Morgan fingerprint density at radius 3 is 2.71 bits per heavy atom. The fourth-order valence-corrected chi connectivity index (χ4v) is 5.09. The van der Waals surface area contributed by atoms with Gasteiger partial charge in [0, 0.05) is 11.6 Å². The highest BCUT2D eigenvalue weighted by atomic mass is 16.5. The lowest BCUT2D eigenvalue weighted by Gasteiger charge is -2.26. The van der Waals surface area contributed by atoms with Crippen molar-refractivity contribution in [3.8, 4) is 18.2 Å². The van der Waals surface area contributed by atoms with Gasteiger partial charge in [0.05, 0.1) is 35.0 Å². The van der Waals surface area contributed by atoms with Gasteiger partial charge in [0.25, 0.3) is 0 Å². The number of aryl methyl sites for hydroxylation is 1. The van der Waals surface area contributed by atoms with E-state index in [1.807, 2.05) is 26.0 Å². The van der Waals surface area contributed by atoms with Gasteiger partial charge in [0.15, 0.2) is 11.3 Å². The molecule has 2 saturated carbocycles. The lowest BCUT2D eigenvalue weighted by molar-refractivity contribution is -0.119. The van der Waals surface area contributed by atoms with Gasteiger partial charge in [-0.25, -0.2) is 4.98 Å². The third kappa shape index (κ3) is 3.87. The van der Waals surface area contributed by atoms with E-state index in [4.69, 9.17) is 15.7 Å². The quantitative estimate of drug-likeness (QED) is 0.370. The number of rotatable bonds is 7. The summed E-state index contributed by atoms with van der Waals surface area (Å²) in [5.41, 5.74) is 4.31. The minimum atomic E-state index is -0.463. The van der Waals surface area contributed by atoms with Gasteiger partial charge >= 0.3 is 0 Å². The van der Waals surface area contributed by atoms with Crippen LogP contribution < -0.4 is 9.64 Å². The molecule has 1 amide bonds. The van der Waals surface area contributed by atoms with Gasteiger partial charge in [0.2, 0.25) is 11.8 Å². The summed E-state index contributed by atoms with van der Waals surface area (Å²) in [6.45, 7) is 6.90. The number of benzene rings is 1. The second-order valence-corrected chi connectivity index (χ2v) is 9.63. The zero-order chi connectivity index (χ0) is 24.6. The largest absolute Gasteiger partial charge is 0.477 e. The van der Waals surface area contributed by atoms with E-state index in [1.165, 1.54) is 19.3 Å². The van der Waals surface area contributed by atoms with Gasteiger partial charge < -0.3 is 9.26 Å². The zero-order valence-electron chi connectivity index (χ0n) is 20.9. The van der Waals surface area contributed by atoms with Crippen molar-refractivity contribution in [2.75, 3.05) is 11.5 Å². The molecule has 0 radical (unpaired) electrons. The minimum Gasteiger partial charge on any atom is -0.477 e. The maximum absolute atomic E-state index is 13.7. The van der Waals surface area contributed by atoms with Crippen LogP contribution in [0.25, 0.3) is 11.0 Å². The first kappa shape index (κ1) is 23.4. The van der Waals surface area contributed by atoms with Gasteiger partial charge in [-0.15, -0.1) is 6.42 Å². The molecule has 3 aliphatic rings. The van der Waals surface area contributed by atoms with Crippen LogP contribution in [0.15, 0.2) is 28.9 Å². The van der Waals surface area contributed by atoms with E-state index in [9.17, 15) is 4.79 Å². The maximum Gasteiger partial charge on any atom is 0.242 e. The molecule has 0 atom stereocenters. The predicted molar refractivity (Wildman–Crippen MR) is 137 cm³/mol. The molecule has 6 nitrogen and oxygen atoms in total. The van der Waals surface area contributed by atoms with Gasteiger partial charge in [0.1, 0.15) is 0 Å². The first-order valence-corrected chi connectivity index (χ1v) is 13.0. The molecule has 3 heterocycles. The summed E-state index contributed by atoms with van der Waals surface area (Å²) in [6.07, 6.45) is 15.8. The number of anilines is 2. The minimum absolute atomic E-state index is 0.103. The lowest BCUT2D eigenvalue weighted by atomic mass is 9.86. The molecular formula is C29H33N3O3. The van der Waals surface area contributed by atoms with Crippen molar-refractivity contribution in [3.05, 3.63) is 41.2 Å². The van der Waals surface area contributed by atoms with Crippen molar-refractivity contribution in [1.82, 2.24) is 10.1 Å². The smallest absolute Gasteiger partial charge is 0.242 e. The molecular weight excluding hydrogens is 438 g/mol. The average molecular weight is 472 g/mol. The highest BCUT2D eigenvalue weighted by Gasteiger charge is 2.60. The molecule has 2 aliphatic carbocycles. The average Bonchev–Trinajstić information content (AvgIpc) is 3.51. The summed E-state index contributed by atoms with van der Waals surface area (Å²) in [5, 5.41) is 4.79. The van der Waals surface area contributed by atoms with E-state index in [1.54, 1.807) is 11.1 Å². The Morgan fingerprint density at radius 1 is 1.26 bits per heavy atom. The number of ether oxygens (including phenoxy) is 1. The molecule has 35 heavy (non-hydrogen) atoms. The molecule has 0 unspecified atom stereocenters. The number of nitrogens with zero attached hydrogens (tertiary/aromatic N) is 3. The Kier molecular flexibility index (Phi) is 6.27. The monoisotopic (exact) mass is 471 g/mol. The Hall–Kier alpha value is -3.33. The van der Waals surface area contributed by atoms with Crippen LogP contribution in [0.2, 0.25) is 0 Å². The predicted octanol–water partition coefficient (Wildman–Crippen LogP) is 6.46. The summed E-state index contributed by atoms with van der Waals surface area (Å²) < 4.78 is 11.6. The summed E-state index contributed by atoms with van der Waals surface area (Å²) in [7, 11) is 0. The molecule has 0 saturated heterocycles. The number of unbranched alkanes of at least 4 members (excludes halogenated alkanes) is 1. The summed E-state index contributed by atoms with van der Waals surface area (Å²) in [4.78, 5) is 20.1. The standard InChI is InChI=1S/C27H27N3O3.C2H6/c1-3-5-9-18-12-19(15-28-25(18)32-16-17-7-6-8-17)30-23-14-24-20(22(4-2)29-33-24)13-21(23)27(10-11-27)26(30)31;1-2/h2,12-15,17H,3,5-11,16H2,1H3;1-2H3. The van der Waals surface area contributed by atoms with Crippen LogP contribution in [0.5, 0.6) is 5.88 Å². The van der Waals surface area contributed by atoms with Crippen molar-refractivity contribution < 1.29 is 14.1 Å². The molecule has 0 N–H and O–H groups in total. The van der Waals surface area contributed by atoms with E-state index in [-0.39, 0.29) is 5.91 Å². The molecule has 182 valence electrons. The molecule has 3 aromatic rings. The summed E-state index contributed by atoms with van der Waals surface area (Å²) >= 11 is 0. The Balaban J connectivity index is 0.00000124. The van der Waals surface area contributed by atoms with Crippen LogP contribution >= 0.6 is 0 Å². The third-order valence-electron chi connectivity index (χ3n) is 7.49. The van der Waals surface area contributed by atoms with E-state index >= 15 is 0 Å². The van der Waals surface area contributed by atoms with Crippen molar-refractivity contribution in [1.29, 1.82) is 0 Å². The van der Waals surface area contributed by atoms with Crippen LogP contribution in [-0.2, 0) is 16.6 Å². The maximum atomic E-state index is 13.7. The second-order valence-electron chi connectivity index (χ2n) is 9.63. The van der Waals surface area contributed by atoms with E-state index in [2.05, 4.69) is 29.1 Å². The van der Waals surface area contributed by atoms with E-state index in [0.717, 1.165) is 66.6 Å². The molecule has 2 fully saturated rings. The molecule has 0 bridgehead atoms. The van der Waals surface area contributed by atoms with Gasteiger partial charge in [-0.1, -0.05) is 38.8 Å². The van der Waals surface area contributed by atoms with Crippen molar-refractivity contribution >= 4 is 28.3 Å². The number of terminal acetylenes is 1. The number of pyridine rings is 1. The lowest BCUT2D eigenvalue weighted by Crippen LogP contribution is -2.28. The molecule has 6 rings (SSSR count). The fraction of sp³-hybridized carbons (Fsp3) is 0.483.